The maximum Gasteiger partial charge on any atom is 0.716 e. The molecule has 0 saturated heterocycles. The molecule has 12 heteroatoms. The minimum absolute atomic E-state index is 2.10. The van der Waals surface area contributed by atoms with Gasteiger partial charge in [0, 0.05) is 0 Å². The number of alkyl halides is 3. The number of hydrogen-bond acceptors (Lipinski definition) is 3. The largest absolute Gasteiger partial charge is 0.716 e. The molecular formula is C7HBF8O3. The van der Waals surface area contributed by atoms with Crippen molar-refractivity contribution in [3.63, 3.8) is 0 Å². The maximum atomic E-state index is 12.9. The molecule has 0 fully saturated rings. The van der Waals surface area contributed by atoms with Crippen molar-refractivity contribution in [1.82, 2.24) is 0 Å². The fourth-order valence-electron chi connectivity index (χ4n) is 0.927. The highest BCUT2D eigenvalue weighted by molar-refractivity contribution is 6.35. The Hall–Kier alpha value is -1.56. The Morgan fingerprint density at radius 2 is 1.16 bits per heavy atom. The van der Waals surface area contributed by atoms with Crippen molar-refractivity contribution in [3.05, 3.63) is 29.1 Å². The predicted molar refractivity (Wildman–Crippen MR) is 42.0 cm³/mol. The van der Waals surface area contributed by atoms with Crippen LogP contribution in [0.3, 0.4) is 0 Å². The zero-order chi connectivity index (χ0) is 15.0. The van der Waals surface area contributed by atoms with Gasteiger partial charge in [-0.05, 0) is 0 Å². The number of hydrogen-bond donors (Lipinski definition) is 1. The van der Waals surface area contributed by atoms with Gasteiger partial charge in [-0.1, -0.05) is 0 Å². The third-order valence-corrected chi connectivity index (χ3v) is 1.62. The average molecular weight is 296 g/mol. The van der Waals surface area contributed by atoms with Gasteiger partial charge >= 0.3 is 13.7 Å². The van der Waals surface area contributed by atoms with Crippen molar-refractivity contribution in [2.45, 2.75) is 6.36 Å². The van der Waals surface area contributed by atoms with Crippen LogP contribution in [0.25, 0.3) is 0 Å². The number of rotatable bonds is 3. The Kier molecular flexibility index (Phi) is 4.25. The van der Waals surface area contributed by atoms with Crippen LogP contribution in [0.1, 0.15) is 0 Å². The summed E-state index contributed by atoms with van der Waals surface area (Å²) in [6.45, 7) is 0. The van der Waals surface area contributed by atoms with Gasteiger partial charge in [0.25, 0.3) is 0 Å². The summed E-state index contributed by atoms with van der Waals surface area (Å²) in [6, 6.07) is 0. The van der Waals surface area contributed by atoms with E-state index in [1.165, 1.54) is 0 Å². The van der Waals surface area contributed by atoms with Gasteiger partial charge in [0.05, 0.1) is 0 Å². The molecular weight excluding hydrogens is 295 g/mol. The fourth-order valence-corrected chi connectivity index (χ4v) is 0.927. The van der Waals surface area contributed by atoms with E-state index in [0.717, 1.165) is 0 Å². The van der Waals surface area contributed by atoms with Crippen molar-refractivity contribution in [3.8, 4) is 5.75 Å². The second-order valence-electron chi connectivity index (χ2n) is 2.89. The van der Waals surface area contributed by atoms with Gasteiger partial charge in [0.2, 0.25) is 29.1 Å². The highest BCUT2D eigenvalue weighted by Gasteiger charge is 2.40. The van der Waals surface area contributed by atoms with Crippen molar-refractivity contribution < 1.29 is 49.5 Å². The highest BCUT2D eigenvalue weighted by Crippen LogP contribution is 2.30. The first-order chi connectivity index (χ1) is 8.54. The molecule has 0 radical (unpaired) electrons. The second-order valence-corrected chi connectivity index (χ2v) is 2.89. The Balaban J connectivity index is 3.09. The fraction of sp³-hybridized carbons (Fsp3) is 0.143. The molecule has 1 N–H and O–H groups in total. The zero-order valence-corrected chi connectivity index (χ0v) is 8.36. The molecule has 3 nitrogen and oxygen atoms in total. The van der Waals surface area contributed by atoms with Crippen LogP contribution in [0, 0.1) is 29.1 Å². The maximum absolute atomic E-state index is 12.9. The van der Waals surface area contributed by atoms with Crippen molar-refractivity contribution in [2.24, 2.45) is 0 Å². The lowest BCUT2D eigenvalue weighted by atomic mass is 10.2. The molecule has 1 rings (SSSR count). The first-order valence-electron chi connectivity index (χ1n) is 4.15. The molecule has 0 atom stereocenters. The summed E-state index contributed by atoms with van der Waals surface area (Å²) in [5, 5.41) is 8.50. The quantitative estimate of drug-likeness (QED) is 0.402. The van der Waals surface area contributed by atoms with E-state index >= 15 is 0 Å². The topological polar surface area (TPSA) is 38.7 Å². The Morgan fingerprint density at radius 1 is 0.789 bits per heavy atom. The van der Waals surface area contributed by atoms with E-state index in [4.69, 9.17) is 5.02 Å². The van der Waals surface area contributed by atoms with E-state index in [2.05, 4.69) is 9.31 Å². The van der Waals surface area contributed by atoms with E-state index in [1.54, 1.807) is 0 Å². The summed E-state index contributed by atoms with van der Waals surface area (Å²) in [5.41, 5.74) is 0. The van der Waals surface area contributed by atoms with Crippen LogP contribution in [0.15, 0.2) is 0 Å². The first-order valence-corrected chi connectivity index (χ1v) is 4.15. The van der Waals surface area contributed by atoms with Gasteiger partial charge in [-0.3, -0.25) is 4.65 Å². The van der Waals surface area contributed by atoms with Crippen LogP contribution in [0.4, 0.5) is 35.1 Å². The zero-order valence-electron chi connectivity index (χ0n) is 8.36. The molecule has 0 spiro atoms. The summed E-state index contributed by atoms with van der Waals surface area (Å²) in [4.78, 5) is 0. The summed E-state index contributed by atoms with van der Waals surface area (Å²) < 4.78 is 104. The van der Waals surface area contributed by atoms with Crippen molar-refractivity contribution >= 4 is 7.32 Å². The summed E-state index contributed by atoms with van der Waals surface area (Å²) in [7, 11) is -3.31. The third-order valence-electron chi connectivity index (χ3n) is 1.62. The minimum atomic E-state index is -5.45. The molecule has 0 saturated carbocycles. The minimum Gasteiger partial charge on any atom is -0.507 e. The Bertz CT molecular complexity index is 461. The van der Waals surface area contributed by atoms with Crippen LogP contribution in [-0.2, 0) is 4.65 Å². The molecule has 0 heterocycles. The van der Waals surface area contributed by atoms with Crippen LogP contribution in [0.2, 0.25) is 0 Å². The molecule has 0 amide bonds. The average Bonchev–Trinajstić information content (AvgIpc) is 2.27. The normalized spacial score (nSPS) is 11.6. The van der Waals surface area contributed by atoms with Gasteiger partial charge in [0.1, 0.15) is 0 Å². The van der Waals surface area contributed by atoms with Gasteiger partial charge in [0.15, 0.2) is 5.75 Å². The Morgan fingerprint density at radius 3 is 1.53 bits per heavy atom. The highest BCUT2D eigenvalue weighted by atomic mass is 19.4. The smallest absolute Gasteiger partial charge is 0.507 e. The van der Waals surface area contributed by atoms with E-state index < -0.39 is 48.5 Å². The van der Waals surface area contributed by atoms with Crippen LogP contribution in [0.5, 0.6) is 5.75 Å². The SMILES string of the molecule is OB(Oc1c(F)c(F)c(F)c(F)c1F)OC(F)(F)F. The van der Waals surface area contributed by atoms with Crippen molar-refractivity contribution in [1.29, 1.82) is 0 Å². The molecule has 1 aromatic rings. The summed E-state index contributed by atoms with van der Waals surface area (Å²) in [5.74, 6) is -14.6. The molecule has 106 valence electrons. The molecule has 0 aliphatic heterocycles. The van der Waals surface area contributed by atoms with E-state index in [0.29, 0.717) is 0 Å². The van der Waals surface area contributed by atoms with E-state index in [1.807, 2.05) is 0 Å². The van der Waals surface area contributed by atoms with Gasteiger partial charge < -0.3 is 9.68 Å². The Labute approximate surface area is 99.1 Å². The lowest BCUT2D eigenvalue weighted by molar-refractivity contribution is -0.288. The molecule has 0 unspecified atom stereocenters. The summed E-state index contributed by atoms with van der Waals surface area (Å²) >= 11 is 0. The standard InChI is InChI=1S/C7HBF8O3/c9-1-2(10)4(12)6(5(13)3(1)11)18-8(17)19-7(14,15)16/h17H. The van der Waals surface area contributed by atoms with Crippen molar-refractivity contribution in [2.75, 3.05) is 0 Å². The number of benzene rings is 1. The monoisotopic (exact) mass is 296 g/mol. The molecule has 1 aromatic carbocycles. The first kappa shape index (κ1) is 15.5. The van der Waals surface area contributed by atoms with Crippen LogP contribution < -0.4 is 4.65 Å². The molecule has 19 heavy (non-hydrogen) atoms. The second kappa shape index (κ2) is 5.21. The lowest BCUT2D eigenvalue weighted by Gasteiger charge is -2.13. The van der Waals surface area contributed by atoms with E-state index in [-0.39, 0.29) is 0 Å². The lowest BCUT2D eigenvalue weighted by Crippen LogP contribution is -2.34. The molecule has 0 bridgehead atoms. The van der Waals surface area contributed by atoms with E-state index in [9.17, 15) is 35.1 Å². The van der Waals surface area contributed by atoms with Gasteiger partial charge in [-0.15, -0.1) is 13.2 Å². The predicted octanol–water partition coefficient (Wildman–Crippen LogP) is 2.27. The summed E-state index contributed by atoms with van der Waals surface area (Å²) in [6.07, 6.45) is -5.45. The molecule has 0 aliphatic rings. The molecule has 0 aromatic heterocycles. The third kappa shape index (κ3) is 3.47. The van der Waals surface area contributed by atoms with Crippen LogP contribution in [-0.4, -0.2) is 18.7 Å². The van der Waals surface area contributed by atoms with Gasteiger partial charge in [-0.25, -0.2) is 13.2 Å². The van der Waals surface area contributed by atoms with Crippen LogP contribution >= 0.6 is 0 Å². The van der Waals surface area contributed by atoms with Gasteiger partial charge in [-0.2, -0.15) is 8.78 Å². The number of halogens is 8. The molecule has 0 aliphatic carbocycles.